The molecular weight excluding hydrogens is 302 g/mol. The molecule has 1 amide bonds. The molecule has 0 aliphatic carbocycles. The van der Waals surface area contributed by atoms with Crippen LogP contribution in [-0.2, 0) is 10.8 Å². The van der Waals surface area contributed by atoms with Crippen LogP contribution in [0, 0.1) is 6.92 Å². The molecule has 17 heavy (non-hydrogen) atoms. The molecule has 0 aliphatic rings. The van der Waals surface area contributed by atoms with Gasteiger partial charge in [0.2, 0.25) is 0 Å². The first-order valence-electron chi connectivity index (χ1n) is 5.35. The van der Waals surface area contributed by atoms with Crippen LogP contribution in [0.3, 0.4) is 0 Å². The Kier molecular flexibility index (Phi) is 5.85. The number of nitrogens with one attached hydrogen (secondary N) is 1. The van der Waals surface area contributed by atoms with Gasteiger partial charge in [-0.05, 0) is 47.0 Å². The molecule has 0 fully saturated rings. The van der Waals surface area contributed by atoms with E-state index < -0.39 is 10.8 Å². The molecule has 0 saturated heterocycles. The van der Waals surface area contributed by atoms with Crippen molar-refractivity contribution >= 4 is 32.6 Å². The van der Waals surface area contributed by atoms with Crippen molar-refractivity contribution in [1.29, 1.82) is 0 Å². The van der Waals surface area contributed by atoms with Crippen LogP contribution in [0.5, 0.6) is 0 Å². The topological polar surface area (TPSA) is 46.2 Å². The fraction of sp³-hybridized carbons (Fsp3) is 0.417. The average molecular weight is 318 g/mol. The second kappa shape index (κ2) is 6.91. The molecule has 1 atom stereocenters. The van der Waals surface area contributed by atoms with Crippen LogP contribution in [0.1, 0.15) is 22.3 Å². The molecule has 0 heterocycles. The summed E-state index contributed by atoms with van der Waals surface area (Å²) in [5, 5.41) is 2.81. The molecule has 0 aliphatic heterocycles. The number of carbonyl (C=O) groups is 1. The zero-order valence-corrected chi connectivity index (χ0v) is 12.4. The van der Waals surface area contributed by atoms with Gasteiger partial charge < -0.3 is 5.32 Å². The van der Waals surface area contributed by atoms with E-state index in [0.717, 1.165) is 16.5 Å². The zero-order chi connectivity index (χ0) is 12.8. The standard InChI is InChI=1S/C12H16BrNO2S/c1-9-4-5-10(11(13)8-9)12(15)14-6-3-7-17(2)16/h4-5,8H,3,6-7H2,1-2H3,(H,14,15)/t17-/m0/s1. The molecule has 1 aromatic rings. The van der Waals surface area contributed by atoms with Crippen LogP contribution < -0.4 is 5.32 Å². The van der Waals surface area contributed by atoms with E-state index in [2.05, 4.69) is 21.2 Å². The average Bonchev–Trinajstić information content (AvgIpc) is 2.23. The van der Waals surface area contributed by atoms with Gasteiger partial charge in [-0.15, -0.1) is 0 Å². The van der Waals surface area contributed by atoms with E-state index in [9.17, 15) is 9.00 Å². The SMILES string of the molecule is Cc1ccc(C(=O)NCCC[S@](C)=O)c(Br)c1. The summed E-state index contributed by atoms with van der Waals surface area (Å²) in [4.78, 5) is 11.8. The first-order chi connectivity index (χ1) is 8.00. The van der Waals surface area contributed by atoms with Crippen LogP contribution in [0.25, 0.3) is 0 Å². The number of halogens is 1. The van der Waals surface area contributed by atoms with Gasteiger partial charge in [0, 0.05) is 33.8 Å². The van der Waals surface area contributed by atoms with Crippen molar-refractivity contribution in [2.45, 2.75) is 13.3 Å². The van der Waals surface area contributed by atoms with Gasteiger partial charge in [-0.3, -0.25) is 9.00 Å². The molecule has 3 nitrogen and oxygen atoms in total. The van der Waals surface area contributed by atoms with Gasteiger partial charge in [-0.2, -0.15) is 0 Å². The number of hydrogen-bond donors (Lipinski definition) is 1. The molecule has 94 valence electrons. The number of aryl methyl sites for hydroxylation is 1. The van der Waals surface area contributed by atoms with E-state index in [4.69, 9.17) is 0 Å². The Hall–Kier alpha value is -0.680. The lowest BCUT2D eigenvalue weighted by atomic mass is 10.1. The van der Waals surface area contributed by atoms with E-state index >= 15 is 0 Å². The number of benzene rings is 1. The van der Waals surface area contributed by atoms with Gasteiger partial charge in [0.15, 0.2) is 0 Å². The fourth-order valence-electron chi connectivity index (χ4n) is 1.38. The summed E-state index contributed by atoms with van der Waals surface area (Å²) in [6.07, 6.45) is 2.40. The Morgan fingerprint density at radius 3 is 2.76 bits per heavy atom. The molecule has 0 saturated carbocycles. The van der Waals surface area contributed by atoms with Crippen molar-refractivity contribution in [2.75, 3.05) is 18.6 Å². The van der Waals surface area contributed by atoms with Crippen molar-refractivity contribution in [3.63, 3.8) is 0 Å². The predicted molar refractivity (Wildman–Crippen MR) is 74.8 cm³/mol. The Labute approximate surface area is 113 Å². The fourth-order valence-corrected chi connectivity index (χ4v) is 2.60. The summed E-state index contributed by atoms with van der Waals surface area (Å²) in [7, 11) is -0.793. The quantitative estimate of drug-likeness (QED) is 0.847. The number of carbonyl (C=O) groups excluding carboxylic acids is 1. The summed E-state index contributed by atoms with van der Waals surface area (Å²) in [5.41, 5.74) is 1.74. The Morgan fingerprint density at radius 2 is 2.18 bits per heavy atom. The second-order valence-corrected chi connectivity index (χ2v) is 6.28. The van der Waals surface area contributed by atoms with Gasteiger partial charge >= 0.3 is 0 Å². The lowest BCUT2D eigenvalue weighted by Gasteiger charge is -2.07. The lowest BCUT2D eigenvalue weighted by molar-refractivity contribution is 0.0953. The highest BCUT2D eigenvalue weighted by molar-refractivity contribution is 9.10. The molecule has 1 N–H and O–H groups in total. The molecular formula is C12H16BrNO2S. The van der Waals surface area contributed by atoms with E-state index in [1.807, 2.05) is 19.1 Å². The van der Waals surface area contributed by atoms with Crippen molar-refractivity contribution in [2.24, 2.45) is 0 Å². The molecule has 0 unspecified atom stereocenters. The first-order valence-corrected chi connectivity index (χ1v) is 7.87. The first kappa shape index (κ1) is 14.4. The Balaban J connectivity index is 2.50. The largest absolute Gasteiger partial charge is 0.352 e. The normalized spacial score (nSPS) is 12.2. The molecule has 5 heteroatoms. The molecule has 0 radical (unpaired) electrons. The van der Waals surface area contributed by atoms with Gasteiger partial charge in [-0.25, -0.2) is 0 Å². The van der Waals surface area contributed by atoms with Gasteiger partial charge in [0.05, 0.1) is 5.56 Å². The molecule has 0 aromatic heterocycles. The Morgan fingerprint density at radius 1 is 1.47 bits per heavy atom. The highest BCUT2D eigenvalue weighted by Gasteiger charge is 2.08. The summed E-state index contributed by atoms with van der Waals surface area (Å²) in [6, 6.07) is 5.61. The van der Waals surface area contributed by atoms with Crippen LogP contribution in [0.2, 0.25) is 0 Å². The zero-order valence-electron chi connectivity index (χ0n) is 9.96. The molecule has 1 aromatic carbocycles. The maximum absolute atomic E-state index is 11.8. The predicted octanol–water partition coefficient (Wildman–Crippen LogP) is 2.26. The minimum atomic E-state index is -0.793. The van der Waals surface area contributed by atoms with Gasteiger partial charge in [0.1, 0.15) is 0 Å². The highest BCUT2D eigenvalue weighted by Crippen LogP contribution is 2.18. The van der Waals surface area contributed by atoms with E-state index in [1.165, 1.54) is 0 Å². The van der Waals surface area contributed by atoms with Crippen molar-refractivity contribution in [1.82, 2.24) is 5.32 Å². The minimum Gasteiger partial charge on any atom is -0.352 e. The van der Waals surface area contributed by atoms with E-state index in [0.29, 0.717) is 17.9 Å². The van der Waals surface area contributed by atoms with Crippen molar-refractivity contribution in [3.05, 3.63) is 33.8 Å². The number of rotatable bonds is 5. The number of amides is 1. The van der Waals surface area contributed by atoms with Gasteiger partial charge in [-0.1, -0.05) is 6.07 Å². The smallest absolute Gasteiger partial charge is 0.252 e. The van der Waals surface area contributed by atoms with Crippen molar-refractivity contribution < 1.29 is 9.00 Å². The molecule has 0 bridgehead atoms. The van der Waals surface area contributed by atoms with Crippen LogP contribution >= 0.6 is 15.9 Å². The van der Waals surface area contributed by atoms with E-state index in [1.54, 1.807) is 12.3 Å². The second-order valence-electron chi connectivity index (χ2n) is 3.87. The van der Waals surface area contributed by atoms with Crippen molar-refractivity contribution in [3.8, 4) is 0 Å². The lowest BCUT2D eigenvalue weighted by Crippen LogP contribution is -2.25. The maximum atomic E-state index is 11.8. The summed E-state index contributed by atoms with van der Waals surface area (Å²) in [5.74, 6) is 0.522. The Bertz CT molecular complexity index is 435. The third-order valence-electron chi connectivity index (χ3n) is 2.26. The minimum absolute atomic E-state index is 0.0984. The van der Waals surface area contributed by atoms with Crippen LogP contribution in [0.4, 0.5) is 0 Å². The number of hydrogen-bond acceptors (Lipinski definition) is 2. The van der Waals surface area contributed by atoms with Gasteiger partial charge in [0.25, 0.3) is 5.91 Å². The highest BCUT2D eigenvalue weighted by atomic mass is 79.9. The summed E-state index contributed by atoms with van der Waals surface area (Å²) < 4.78 is 11.6. The molecule has 1 rings (SSSR count). The monoisotopic (exact) mass is 317 g/mol. The van der Waals surface area contributed by atoms with Crippen LogP contribution in [-0.4, -0.2) is 28.7 Å². The van der Waals surface area contributed by atoms with Crippen LogP contribution in [0.15, 0.2) is 22.7 Å². The van der Waals surface area contributed by atoms with E-state index in [-0.39, 0.29) is 5.91 Å². The maximum Gasteiger partial charge on any atom is 0.252 e. The summed E-state index contributed by atoms with van der Waals surface area (Å²) in [6.45, 7) is 2.53. The summed E-state index contributed by atoms with van der Waals surface area (Å²) >= 11 is 3.37. The third-order valence-corrected chi connectivity index (χ3v) is 3.78. The molecule has 0 spiro atoms. The third kappa shape index (κ3) is 5.00.